The number of aliphatic imine (C=N–C) groups is 1. The number of piperidine rings is 1. The van der Waals surface area contributed by atoms with Crippen LogP contribution < -0.4 is 10.1 Å². The van der Waals surface area contributed by atoms with Crippen LogP contribution in [0.15, 0.2) is 47.7 Å². The van der Waals surface area contributed by atoms with Gasteiger partial charge in [0.15, 0.2) is 5.96 Å². The number of rotatable bonds is 6. The van der Waals surface area contributed by atoms with Gasteiger partial charge in [-0.25, -0.2) is 0 Å². The minimum Gasteiger partial charge on any atom is -0.490 e. The molecule has 6 nitrogen and oxygen atoms in total. The first-order valence-electron chi connectivity index (χ1n) is 9.39. The van der Waals surface area contributed by atoms with Crippen molar-refractivity contribution in [3.05, 3.63) is 48.3 Å². The quantitative estimate of drug-likeness (QED) is 0.491. The zero-order valence-corrected chi connectivity index (χ0v) is 15.8. The van der Waals surface area contributed by atoms with Gasteiger partial charge in [0.1, 0.15) is 11.9 Å². The van der Waals surface area contributed by atoms with E-state index >= 15 is 0 Å². The maximum atomic E-state index is 6.07. The fraction of sp³-hybridized carbons (Fsp3) is 0.500. The first-order valence-corrected chi connectivity index (χ1v) is 9.39. The number of para-hydroxylation sites is 1. The van der Waals surface area contributed by atoms with Crippen LogP contribution in [0.1, 0.15) is 24.8 Å². The molecule has 0 spiro atoms. The highest BCUT2D eigenvalue weighted by Gasteiger charge is 2.22. The number of guanidine groups is 1. The molecule has 3 rings (SSSR count). The van der Waals surface area contributed by atoms with Crippen molar-refractivity contribution in [2.75, 3.05) is 26.7 Å². The van der Waals surface area contributed by atoms with E-state index in [9.17, 15) is 0 Å². The molecule has 140 valence electrons. The highest BCUT2D eigenvalue weighted by molar-refractivity contribution is 5.79. The molecule has 26 heavy (non-hydrogen) atoms. The molecule has 1 saturated heterocycles. The van der Waals surface area contributed by atoms with Crippen LogP contribution in [0.4, 0.5) is 0 Å². The van der Waals surface area contributed by atoms with Gasteiger partial charge in [-0.2, -0.15) is 5.10 Å². The second-order valence-corrected chi connectivity index (χ2v) is 6.72. The van der Waals surface area contributed by atoms with Gasteiger partial charge in [0.05, 0.1) is 6.20 Å². The van der Waals surface area contributed by atoms with Crippen molar-refractivity contribution in [3.63, 3.8) is 0 Å². The molecule has 1 aromatic carbocycles. The molecule has 0 amide bonds. The monoisotopic (exact) mass is 355 g/mol. The summed E-state index contributed by atoms with van der Waals surface area (Å²) in [5, 5.41) is 7.70. The Labute approximate surface area is 155 Å². The van der Waals surface area contributed by atoms with Crippen molar-refractivity contribution in [1.29, 1.82) is 0 Å². The molecule has 0 saturated carbocycles. The molecule has 2 aromatic rings. The van der Waals surface area contributed by atoms with Gasteiger partial charge < -0.3 is 15.0 Å². The maximum Gasteiger partial charge on any atom is 0.193 e. The number of hydrogen-bond donors (Lipinski definition) is 1. The van der Waals surface area contributed by atoms with Crippen molar-refractivity contribution in [1.82, 2.24) is 20.0 Å². The number of nitrogens with one attached hydrogen (secondary N) is 1. The van der Waals surface area contributed by atoms with Gasteiger partial charge in [-0.15, -0.1) is 0 Å². The summed E-state index contributed by atoms with van der Waals surface area (Å²) in [4.78, 5) is 6.77. The molecule has 0 atom stereocenters. The summed E-state index contributed by atoms with van der Waals surface area (Å²) in [5.74, 6) is 1.96. The van der Waals surface area contributed by atoms with E-state index in [0.29, 0.717) is 0 Å². The molecule has 0 bridgehead atoms. The van der Waals surface area contributed by atoms with Crippen LogP contribution in [0.25, 0.3) is 0 Å². The number of likely N-dealkylation sites (tertiary alicyclic amines) is 1. The maximum absolute atomic E-state index is 6.07. The SMILES string of the molecule is CN=C(NCCCc1cnn(C)c1)N1CCC(Oc2ccccc2)CC1. The lowest BCUT2D eigenvalue weighted by atomic mass is 10.1. The minimum atomic E-state index is 0.289. The minimum absolute atomic E-state index is 0.289. The first kappa shape index (κ1) is 18.3. The molecule has 0 unspecified atom stereocenters. The van der Waals surface area contributed by atoms with E-state index in [2.05, 4.69) is 26.5 Å². The molecule has 1 aliphatic rings. The molecule has 6 heteroatoms. The van der Waals surface area contributed by atoms with Crippen LogP contribution in [0.5, 0.6) is 5.75 Å². The van der Waals surface area contributed by atoms with E-state index in [-0.39, 0.29) is 6.10 Å². The summed E-state index contributed by atoms with van der Waals surface area (Å²) >= 11 is 0. The standard InChI is InChI=1S/C20H29N5O/c1-21-20(22-12-6-7-17-15-23-24(2)16-17)25-13-10-19(11-14-25)26-18-8-4-3-5-9-18/h3-5,8-9,15-16,19H,6-7,10-14H2,1-2H3,(H,21,22). The number of aromatic nitrogens is 2. The first-order chi connectivity index (χ1) is 12.7. The average molecular weight is 355 g/mol. The van der Waals surface area contributed by atoms with Crippen molar-refractivity contribution in [2.24, 2.45) is 12.0 Å². The lowest BCUT2D eigenvalue weighted by molar-refractivity contribution is 0.129. The fourth-order valence-electron chi connectivity index (χ4n) is 3.30. The molecule has 0 aliphatic carbocycles. The summed E-state index contributed by atoms with van der Waals surface area (Å²) in [6.45, 7) is 2.86. The molecular weight excluding hydrogens is 326 g/mol. The van der Waals surface area contributed by atoms with Gasteiger partial charge in [-0.05, 0) is 30.5 Å². The van der Waals surface area contributed by atoms with E-state index in [4.69, 9.17) is 4.74 Å². The van der Waals surface area contributed by atoms with Crippen molar-refractivity contribution in [2.45, 2.75) is 31.8 Å². The van der Waals surface area contributed by atoms with Crippen LogP contribution in [-0.4, -0.2) is 53.4 Å². The summed E-state index contributed by atoms with van der Waals surface area (Å²) in [5.41, 5.74) is 1.28. The Bertz CT molecular complexity index is 689. The second-order valence-electron chi connectivity index (χ2n) is 6.72. The van der Waals surface area contributed by atoms with E-state index in [1.54, 1.807) is 0 Å². The van der Waals surface area contributed by atoms with Crippen molar-refractivity contribution < 1.29 is 4.74 Å². The van der Waals surface area contributed by atoms with Crippen LogP contribution in [0.2, 0.25) is 0 Å². The van der Waals surface area contributed by atoms with Gasteiger partial charge in [0, 0.05) is 52.8 Å². The Hall–Kier alpha value is -2.50. The van der Waals surface area contributed by atoms with Crippen LogP contribution in [0, 0.1) is 0 Å². The molecular formula is C20H29N5O. The topological polar surface area (TPSA) is 54.7 Å². The summed E-state index contributed by atoms with van der Waals surface area (Å²) in [7, 11) is 3.81. The predicted molar refractivity (Wildman–Crippen MR) is 105 cm³/mol. The summed E-state index contributed by atoms with van der Waals surface area (Å²) in [6, 6.07) is 10.1. The zero-order chi connectivity index (χ0) is 18.2. The third kappa shape index (κ3) is 5.25. The van der Waals surface area contributed by atoms with E-state index in [1.807, 2.05) is 55.3 Å². The normalized spacial score (nSPS) is 15.9. The fourth-order valence-corrected chi connectivity index (χ4v) is 3.30. The lowest BCUT2D eigenvalue weighted by Gasteiger charge is -2.34. The number of nitrogens with zero attached hydrogens (tertiary/aromatic N) is 4. The average Bonchev–Trinajstić information content (AvgIpc) is 3.09. The van der Waals surface area contributed by atoms with Gasteiger partial charge >= 0.3 is 0 Å². The van der Waals surface area contributed by atoms with Gasteiger partial charge in [0.25, 0.3) is 0 Å². The Morgan fingerprint density at radius 3 is 2.69 bits per heavy atom. The van der Waals surface area contributed by atoms with Crippen LogP contribution in [-0.2, 0) is 13.5 Å². The van der Waals surface area contributed by atoms with E-state index in [0.717, 1.165) is 57.0 Å². The molecule has 2 heterocycles. The highest BCUT2D eigenvalue weighted by atomic mass is 16.5. The van der Waals surface area contributed by atoms with Crippen molar-refractivity contribution in [3.8, 4) is 5.75 Å². The number of hydrogen-bond acceptors (Lipinski definition) is 3. The Morgan fingerprint density at radius 2 is 2.04 bits per heavy atom. The molecule has 1 aliphatic heterocycles. The Morgan fingerprint density at radius 1 is 1.27 bits per heavy atom. The lowest BCUT2D eigenvalue weighted by Crippen LogP contribution is -2.47. The van der Waals surface area contributed by atoms with Gasteiger partial charge in [-0.3, -0.25) is 9.67 Å². The molecule has 1 N–H and O–H groups in total. The third-order valence-corrected chi connectivity index (χ3v) is 4.68. The van der Waals surface area contributed by atoms with Gasteiger partial charge in [0.2, 0.25) is 0 Å². The number of aryl methyl sites for hydroxylation is 2. The molecule has 0 radical (unpaired) electrons. The number of benzene rings is 1. The summed E-state index contributed by atoms with van der Waals surface area (Å²) in [6.07, 6.45) is 8.44. The van der Waals surface area contributed by atoms with E-state index in [1.165, 1.54) is 5.56 Å². The summed E-state index contributed by atoms with van der Waals surface area (Å²) < 4.78 is 7.92. The Kier molecular flexibility index (Phi) is 6.52. The largest absolute Gasteiger partial charge is 0.490 e. The predicted octanol–water partition coefficient (Wildman–Crippen LogP) is 2.47. The second kappa shape index (κ2) is 9.27. The van der Waals surface area contributed by atoms with Crippen LogP contribution >= 0.6 is 0 Å². The Balaban J connectivity index is 1.38. The number of ether oxygens (including phenoxy) is 1. The highest BCUT2D eigenvalue weighted by Crippen LogP contribution is 2.18. The zero-order valence-electron chi connectivity index (χ0n) is 15.8. The van der Waals surface area contributed by atoms with Gasteiger partial charge in [-0.1, -0.05) is 18.2 Å². The van der Waals surface area contributed by atoms with Crippen LogP contribution in [0.3, 0.4) is 0 Å². The van der Waals surface area contributed by atoms with E-state index < -0.39 is 0 Å². The van der Waals surface area contributed by atoms with Crippen molar-refractivity contribution >= 4 is 5.96 Å². The smallest absolute Gasteiger partial charge is 0.193 e. The third-order valence-electron chi connectivity index (χ3n) is 4.68. The molecule has 1 fully saturated rings. The molecule has 1 aromatic heterocycles.